The van der Waals surface area contributed by atoms with E-state index in [1.165, 1.54) is 25.4 Å². The van der Waals surface area contributed by atoms with Crippen molar-refractivity contribution in [2.45, 2.75) is 32.4 Å². The fourth-order valence-corrected chi connectivity index (χ4v) is 4.21. The Morgan fingerprint density at radius 2 is 1.83 bits per heavy atom. The van der Waals surface area contributed by atoms with Crippen molar-refractivity contribution in [2.75, 3.05) is 20.8 Å². The third kappa shape index (κ3) is 4.93. The van der Waals surface area contributed by atoms with E-state index in [0.717, 1.165) is 12.8 Å². The minimum atomic E-state index is -0.875. The van der Waals surface area contributed by atoms with Gasteiger partial charge in [-0.2, -0.15) is 0 Å². The lowest BCUT2D eigenvalue weighted by Crippen LogP contribution is -2.29. The van der Waals surface area contributed by atoms with Crippen LogP contribution in [0.1, 0.15) is 42.7 Å². The molecule has 2 aromatic carbocycles. The monoisotopic (exact) mass is 491 g/mol. The van der Waals surface area contributed by atoms with Crippen molar-refractivity contribution < 1.29 is 33.3 Å². The summed E-state index contributed by atoms with van der Waals surface area (Å²) in [6.45, 7) is 2.66. The molecular weight excluding hydrogens is 462 g/mol. The average molecular weight is 492 g/mol. The van der Waals surface area contributed by atoms with Gasteiger partial charge in [0.1, 0.15) is 17.3 Å². The van der Waals surface area contributed by atoms with Crippen LogP contribution in [0.25, 0.3) is 5.76 Å². The van der Waals surface area contributed by atoms with Crippen LogP contribution in [0.4, 0.5) is 0 Å². The summed E-state index contributed by atoms with van der Waals surface area (Å²) in [4.78, 5) is 27.9. The summed E-state index contributed by atoms with van der Waals surface area (Å²) >= 11 is 0. The number of hydrogen-bond donors (Lipinski definition) is 1. The number of carbonyl (C=O) groups is 2. The Morgan fingerprint density at radius 3 is 2.53 bits per heavy atom. The number of benzene rings is 2. The van der Waals surface area contributed by atoms with Crippen LogP contribution in [-0.2, 0) is 16.1 Å². The van der Waals surface area contributed by atoms with Crippen molar-refractivity contribution in [3.05, 3.63) is 83.3 Å². The van der Waals surface area contributed by atoms with Crippen LogP contribution in [0, 0.1) is 0 Å². The number of amides is 1. The topological polar surface area (TPSA) is 98.4 Å². The van der Waals surface area contributed by atoms with Gasteiger partial charge in [-0.25, -0.2) is 0 Å². The molecule has 4 rings (SSSR count). The number of ketones is 1. The zero-order chi connectivity index (χ0) is 25.7. The minimum Gasteiger partial charge on any atom is -0.507 e. The van der Waals surface area contributed by atoms with Crippen molar-refractivity contribution >= 4 is 17.4 Å². The summed E-state index contributed by atoms with van der Waals surface area (Å²) in [5.74, 6) is 0.218. The fraction of sp³-hybridized carbons (Fsp3) is 0.286. The van der Waals surface area contributed by atoms with E-state index in [9.17, 15) is 14.7 Å². The summed E-state index contributed by atoms with van der Waals surface area (Å²) in [5.41, 5.74) is 0.935. The maximum absolute atomic E-state index is 13.3. The van der Waals surface area contributed by atoms with Gasteiger partial charge in [-0.3, -0.25) is 9.59 Å². The molecule has 8 heteroatoms. The number of carbonyl (C=O) groups excluding carboxylic acids is 2. The highest BCUT2D eigenvalue weighted by Crippen LogP contribution is 2.42. The number of methoxy groups -OCH3 is 2. The molecule has 188 valence electrons. The molecule has 0 saturated carbocycles. The van der Waals surface area contributed by atoms with Crippen molar-refractivity contribution in [1.29, 1.82) is 0 Å². The quantitative estimate of drug-likeness (QED) is 0.182. The molecule has 1 fully saturated rings. The number of unbranched alkanes of at least 4 members (excludes halogenated alkanes) is 1. The largest absolute Gasteiger partial charge is 0.507 e. The van der Waals surface area contributed by atoms with E-state index in [4.69, 9.17) is 18.6 Å². The first-order chi connectivity index (χ1) is 17.5. The third-order valence-electron chi connectivity index (χ3n) is 6.04. The van der Waals surface area contributed by atoms with E-state index in [2.05, 4.69) is 6.92 Å². The van der Waals surface area contributed by atoms with E-state index >= 15 is 0 Å². The van der Waals surface area contributed by atoms with Gasteiger partial charge >= 0.3 is 0 Å². The first-order valence-corrected chi connectivity index (χ1v) is 11.7. The SMILES string of the molecule is CCCCOc1cccc(C(O)=C2C(=O)C(=O)N(Cc3ccco3)C2c2ccc(OC)c(OC)c2)c1. The lowest BCUT2D eigenvalue weighted by Gasteiger charge is -2.25. The lowest BCUT2D eigenvalue weighted by molar-refractivity contribution is -0.140. The molecule has 0 radical (unpaired) electrons. The molecule has 1 aromatic heterocycles. The van der Waals surface area contributed by atoms with Gasteiger partial charge in [-0.15, -0.1) is 0 Å². The standard InChI is InChI=1S/C28H29NO7/c1-4-5-13-35-20-9-6-8-19(15-20)26(30)24-25(18-11-12-22(33-2)23(16-18)34-3)29(28(32)27(24)31)17-21-10-7-14-36-21/h6-12,14-16,25,30H,4-5,13,17H2,1-3H3. The third-order valence-corrected chi connectivity index (χ3v) is 6.04. The second kappa shape index (κ2) is 11.0. The van der Waals surface area contributed by atoms with Gasteiger partial charge in [0.25, 0.3) is 11.7 Å². The summed E-state index contributed by atoms with van der Waals surface area (Å²) in [5, 5.41) is 11.4. The Balaban J connectivity index is 1.82. The molecule has 0 aliphatic carbocycles. The second-order valence-corrected chi connectivity index (χ2v) is 8.35. The van der Waals surface area contributed by atoms with Crippen molar-refractivity contribution in [2.24, 2.45) is 0 Å². The highest BCUT2D eigenvalue weighted by molar-refractivity contribution is 6.46. The number of aliphatic hydroxyl groups excluding tert-OH is 1. The van der Waals surface area contributed by atoms with Crippen LogP contribution in [-0.4, -0.2) is 42.5 Å². The van der Waals surface area contributed by atoms with Gasteiger partial charge in [-0.1, -0.05) is 31.5 Å². The molecule has 1 N–H and O–H groups in total. The molecule has 1 amide bonds. The molecule has 0 bridgehead atoms. The number of nitrogens with zero attached hydrogens (tertiary/aromatic N) is 1. The van der Waals surface area contributed by atoms with Gasteiger partial charge in [0, 0.05) is 5.56 Å². The van der Waals surface area contributed by atoms with Crippen LogP contribution in [0.2, 0.25) is 0 Å². The molecule has 1 aliphatic rings. The molecular formula is C28H29NO7. The molecule has 8 nitrogen and oxygen atoms in total. The molecule has 1 saturated heterocycles. The van der Waals surface area contributed by atoms with E-state index in [0.29, 0.717) is 40.7 Å². The van der Waals surface area contributed by atoms with Crippen LogP contribution < -0.4 is 14.2 Å². The van der Waals surface area contributed by atoms with E-state index < -0.39 is 17.7 Å². The van der Waals surface area contributed by atoms with Gasteiger partial charge in [-0.05, 0) is 48.4 Å². The van der Waals surface area contributed by atoms with E-state index in [1.807, 2.05) is 0 Å². The van der Waals surface area contributed by atoms with Gasteiger partial charge in [0.2, 0.25) is 0 Å². The van der Waals surface area contributed by atoms with Crippen LogP contribution >= 0.6 is 0 Å². The molecule has 1 atom stereocenters. The summed E-state index contributed by atoms with van der Waals surface area (Å²) in [6, 6.07) is 14.6. The second-order valence-electron chi connectivity index (χ2n) is 8.35. The predicted molar refractivity (Wildman–Crippen MR) is 133 cm³/mol. The number of rotatable bonds is 10. The van der Waals surface area contributed by atoms with Crippen molar-refractivity contribution in [3.8, 4) is 17.2 Å². The number of likely N-dealkylation sites (tertiary alicyclic amines) is 1. The minimum absolute atomic E-state index is 0.0236. The molecule has 3 aromatic rings. The first kappa shape index (κ1) is 24.9. The Hall–Kier alpha value is -4.20. The predicted octanol–water partition coefficient (Wildman–Crippen LogP) is 5.10. The zero-order valence-corrected chi connectivity index (χ0v) is 20.5. The Labute approximate surface area is 209 Å². The van der Waals surface area contributed by atoms with Crippen molar-refractivity contribution in [3.63, 3.8) is 0 Å². The van der Waals surface area contributed by atoms with Gasteiger partial charge < -0.3 is 28.6 Å². The maximum Gasteiger partial charge on any atom is 0.296 e. The number of furan rings is 1. The fourth-order valence-electron chi connectivity index (χ4n) is 4.21. The van der Waals surface area contributed by atoms with Crippen LogP contribution in [0.3, 0.4) is 0 Å². The molecule has 0 spiro atoms. The molecule has 36 heavy (non-hydrogen) atoms. The Bertz CT molecular complexity index is 1260. The first-order valence-electron chi connectivity index (χ1n) is 11.7. The van der Waals surface area contributed by atoms with E-state index in [1.54, 1.807) is 54.6 Å². The Kier molecular flexibility index (Phi) is 7.63. The number of hydrogen-bond acceptors (Lipinski definition) is 7. The zero-order valence-electron chi connectivity index (χ0n) is 20.5. The summed E-state index contributed by atoms with van der Waals surface area (Å²) in [7, 11) is 3.03. The molecule has 1 aliphatic heterocycles. The van der Waals surface area contributed by atoms with Crippen molar-refractivity contribution in [1.82, 2.24) is 4.90 Å². The number of aliphatic hydroxyl groups is 1. The Morgan fingerprint density at radius 1 is 1.03 bits per heavy atom. The van der Waals surface area contributed by atoms with E-state index in [-0.39, 0.29) is 17.9 Å². The van der Waals surface area contributed by atoms with Crippen LogP contribution in [0.5, 0.6) is 17.2 Å². The number of Topliss-reactive ketones (excluding diaryl/α,β-unsaturated/α-hetero) is 1. The summed E-state index contributed by atoms with van der Waals surface area (Å²) in [6.07, 6.45) is 3.39. The van der Waals surface area contributed by atoms with Gasteiger partial charge in [0.15, 0.2) is 11.5 Å². The molecule has 2 heterocycles. The number of ether oxygens (including phenoxy) is 3. The smallest absolute Gasteiger partial charge is 0.296 e. The maximum atomic E-state index is 13.3. The van der Waals surface area contributed by atoms with Gasteiger partial charge in [0.05, 0.1) is 45.2 Å². The highest BCUT2D eigenvalue weighted by atomic mass is 16.5. The normalized spacial score (nSPS) is 16.9. The average Bonchev–Trinajstić information content (AvgIpc) is 3.50. The van der Waals surface area contributed by atoms with Crippen LogP contribution in [0.15, 0.2) is 70.9 Å². The lowest BCUT2D eigenvalue weighted by atomic mass is 9.95. The summed E-state index contributed by atoms with van der Waals surface area (Å²) < 4.78 is 22.0. The molecule has 1 unspecified atom stereocenters. The highest BCUT2D eigenvalue weighted by Gasteiger charge is 2.46.